The number of rotatable bonds is 2. The molecule has 0 aliphatic heterocycles. The van der Waals surface area contributed by atoms with Crippen molar-refractivity contribution in [2.24, 2.45) is 0 Å². The molecule has 0 saturated heterocycles. The van der Waals surface area contributed by atoms with Gasteiger partial charge in [-0.15, -0.1) is 0 Å². The van der Waals surface area contributed by atoms with E-state index in [2.05, 4.69) is 27.3 Å². The molecule has 16 heavy (non-hydrogen) atoms. The Kier molecular flexibility index (Phi) is 2.29. The van der Waals surface area contributed by atoms with E-state index in [1.807, 2.05) is 18.3 Å². The number of nitrogens with one attached hydrogen (secondary N) is 1. The van der Waals surface area contributed by atoms with Crippen molar-refractivity contribution in [3.63, 3.8) is 0 Å². The normalized spacial score (nSPS) is 15.1. The SMILES string of the molecule is C1=C(c2cc(-c3cccnc3)n[nH]2)CCC1. The Labute approximate surface area is 94.2 Å². The molecule has 0 atom stereocenters. The first-order valence-corrected chi connectivity index (χ1v) is 5.59. The maximum atomic E-state index is 4.33. The van der Waals surface area contributed by atoms with Gasteiger partial charge in [-0.2, -0.15) is 5.10 Å². The molecule has 0 amide bonds. The van der Waals surface area contributed by atoms with E-state index in [-0.39, 0.29) is 0 Å². The van der Waals surface area contributed by atoms with Crippen LogP contribution in [0.5, 0.6) is 0 Å². The summed E-state index contributed by atoms with van der Waals surface area (Å²) in [6.45, 7) is 0. The van der Waals surface area contributed by atoms with E-state index in [1.54, 1.807) is 6.20 Å². The molecule has 0 spiro atoms. The number of H-pyrrole nitrogens is 1. The molecule has 2 heterocycles. The Morgan fingerprint density at radius 2 is 2.31 bits per heavy atom. The van der Waals surface area contributed by atoms with Crippen molar-refractivity contribution in [3.8, 4) is 11.3 Å². The first-order valence-electron chi connectivity index (χ1n) is 5.59. The summed E-state index contributed by atoms with van der Waals surface area (Å²) >= 11 is 0. The fourth-order valence-electron chi connectivity index (χ4n) is 2.06. The van der Waals surface area contributed by atoms with Crippen molar-refractivity contribution in [1.82, 2.24) is 15.2 Å². The van der Waals surface area contributed by atoms with E-state index in [1.165, 1.54) is 18.4 Å². The third-order valence-corrected chi connectivity index (χ3v) is 2.92. The van der Waals surface area contributed by atoms with E-state index in [9.17, 15) is 0 Å². The van der Waals surface area contributed by atoms with Gasteiger partial charge in [-0.25, -0.2) is 0 Å². The van der Waals surface area contributed by atoms with Gasteiger partial charge >= 0.3 is 0 Å². The summed E-state index contributed by atoms with van der Waals surface area (Å²) in [5.74, 6) is 0. The smallest absolute Gasteiger partial charge is 0.0942 e. The zero-order chi connectivity index (χ0) is 10.8. The van der Waals surface area contributed by atoms with Gasteiger partial charge in [0.15, 0.2) is 0 Å². The van der Waals surface area contributed by atoms with Gasteiger partial charge in [0.1, 0.15) is 0 Å². The maximum absolute atomic E-state index is 4.33. The van der Waals surface area contributed by atoms with Crippen molar-refractivity contribution < 1.29 is 0 Å². The number of pyridine rings is 1. The van der Waals surface area contributed by atoms with E-state index >= 15 is 0 Å². The number of allylic oxidation sites excluding steroid dienone is 2. The molecule has 2 aromatic rings. The lowest BCUT2D eigenvalue weighted by Crippen LogP contribution is -1.79. The molecule has 3 nitrogen and oxygen atoms in total. The Morgan fingerprint density at radius 3 is 3.06 bits per heavy atom. The highest BCUT2D eigenvalue weighted by atomic mass is 15.1. The Morgan fingerprint density at radius 1 is 1.31 bits per heavy atom. The van der Waals surface area contributed by atoms with Crippen LogP contribution in [0.25, 0.3) is 16.8 Å². The third-order valence-electron chi connectivity index (χ3n) is 2.92. The molecule has 0 aromatic carbocycles. The van der Waals surface area contributed by atoms with Crippen molar-refractivity contribution in [2.75, 3.05) is 0 Å². The largest absolute Gasteiger partial charge is 0.278 e. The molecule has 3 heteroatoms. The number of aromatic amines is 1. The summed E-state index contributed by atoms with van der Waals surface area (Å²) in [6, 6.07) is 6.06. The lowest BCUT2D eigenvalue weighted by atomic mass is 10.1. The summed E-state index contributed by atoms with van der Waals surface area (Å²) in [7, 11) is 0. The van der Waals surface area contributed by atoms with Crippen LogP contribution in [0.2, 0.25) is 0 Å². The minimum atomic E-state index is 0.968. The molecule has 0 unspecified atom stereocenters. The standard InChI is InChI=1S/C13H13N3/c1-2-5-10(4-1)12-8-13(16-15-12)11-6-3-7-14-9-11/h3-4,6-9H,1-2,5H2,(H,15,16). The molecule has 0 radical (unpaired) electrons. The van der Waals surface area contributed by atoms with Crippen LogP contribution in [0.3, 0.4) is 0 Å². The first kappa shape index (κ1) is 9.33. The summed E-state index contributed by atoms with van der Waals surface area (Å²) < 4.78 is 0. The van der Waals surface area contributed by atoms with Crippen LogP contribution in [0.4, 0.5) is 0 Å². The Hall–Kier alpha value is -1.90. The lowest BCUT2D eigenvalue weighted by molar-refractivity contribution is 0.931. The molecule has 0 bridgehead atoms. The molecule has 0 fully saturated rings. The molecule has 1 N–H and O–H groups in total. The van der Waals surface area contributed by atoms with Crippen LogP contribution in [0.1, 0.15) is 25.0 Å². The summed E-state index contributed by atoms with van der Waals surface area (Å²) in [6.07, 6.45) is 9.52. The van der Waals surface area contributed by atoms with Gasteiger partial charge in [-0.1, -0.05) is 6.08 Å². The molecule has 1 aliphatic carbocycles. The highest BCUT2D eigenvalue weighted by Gasteiger charge is 2.10. The minimum absolute atomic E-state index is 0.968. The zero-order valence-electron chi connectivity index (χ0n) is 8.98. The molecular weight excluding hydrogens is 198 g/mol. The second kappa shape index (κ2) is 3.93. The number of hydrogen-bond acceptors (Lipinski definition) is 2. The lowest BCUT2D eigenvalue weighted by Gasteiger charge is -1.94. The second-order valence-electron chi connectivity index (χ2n) is 4.03. The second-order valence-corrected chi connectivity index (χ2v) is 4.03. The van der Waals surface area contributed by atoms with Crippen LogP contribution < -0.4 is 0 Å². The predicted molar refractivity (Wildman–Crippen MR) is 63.6 cm³/mol. The van der Waals surface area contributed by atoms with E-state index in [4.69, 9.17) is 0 Å². The van der Waals surface area contributed by atoms with Gasteiger partial charge in [0.2, 0.25) is 0 Å². The molecule has 80 valence electrons. The Bertz CT molecular complexity index is 511. The molecule has 0 saturated carbocycles. The van der Waals surface area contributed by atoms with Gasteiger partial charge < -0.3 is 0 Å². The summed E-state index contributed by atoms with van der Waals surface area (Å²) in [4.78, 5) is 4.10. The van der Waals surface area contributed by atoms with Crippen LogP contribution in [-0.4, -0.2) is 15.2 Å². The molecule has 2 aromatic heterocycles. The molecular formula is C13H13N3. The fraction of sp³-hybridized carbons (Fsp3) is 0.231. The Balaban J connectivity index is 1.94. The van der Waals surface area contributed by atoms with Crippen LogP contribution in [-0.2, 0) is 0 Å². The van der Waals surface area contributed by atoms with E-state index in [0.717, 1.165) is 23.4 Å². The van der Waals surface area contributed by atoms with Gasteiger partial charge in [0.25, 0.3) is 0 Å². The van der Waals surface area contributed by atoms with Crippen molar-refractivity contribution in [1.29, 1.82) is 0 Å². The minimum Gasteiger partial charge on any atom is -0.278 e. The van der Waals surface area contributed by atoms with Crippen molar-refractivity contribution in [2.45, 2.75) is 19.3 Å². The summed E-state index contributed by atoms with van der Waals surface area (Å²) in [5, 5.41) is 7.43. The van der Waals surface area contributed by atoms with Gasteiger partial charge in [0, 0.05) is 18.0 Å². The summed E-state index contributed by atoms with van der Waals surface area (Å²) in [5.41, 5.74) is 4.57. The van der Waals surface area contributed by atoms with Gasteiger partial charge in [-0.05, 0) is 43.0 Å². The zero-order valence-corrected chi connectivity index (χ0v) is 8.98. The number of aromatic nitrogens is 3. The molecule has 3 rings (SSSR count). The quantitative estimate of drug-likeness (QED) is 0.829. The van der Waals surface area contributed by atoms with Crippen molar-refractivity contribution >= 4 is 5.57 Å². The van der Waals surface area contributed by atoms with E-state index in [0.29, 0.717) is 0 Å². The van der Waals surface area contributed by atoms with Crippen LogP contribution >= 0.6 is 0 Å². The first-order chi connectivity index (χ1) is 7.93. The topological polar surface area (TPSA) is 41.6 Å². The highest BCUT2D eigenvalue weighted by Crippen LogP contribution is 2.28. The predicted octanol–water partition coefficient (Wildman–Crippen LogP) is 3.04. The van der Waals surface area contributed by atoms with Gasteiger partial charge in [0.05, 0.1) is 11.4 Å². The van der Waals surface area contributed by atoms with E-state index < -0.39 is 0 Å². The monoisotopic (exact) mass is 211 g/mol. The fourth-order valence-corrected chi connectivity index (χ4v) is 2.06. The highest BCUT2D eigenvalue weighted by molar-refractivity contribution is 5.69. The average Bonchev–Trinajstić information content (AvgIpc) is 3.01. The average molecular weight is 211 g/mol. The number of hydrogen-bond donors (Lipinski definition) is 1. The molecule has 1 aliphatic rings. The van der Waals surface area contributed by atoms with Gasteiger partial charge in [-0.3, -0.25) is 10.1 Å². The van der Waals surface area contributed by atoms with Crippen LogP contribution in [0.15, 0.2) is 36.7 Å². The van der Waals surface area contributed by atoms with Crippen LogP contribution in [0, 0.1) is 0 Å². The third kappa shape index (κ3) is 1.65. The van der Waals surface area contributed by atoms with Crippen molar-refractivity contribution in [3.05, 3.63) is 42.4 Å². The maximum Gasteiger partial charge on any atom is 0.0942 e. The number of nitrogens with zero attached hydrogens (tertiary/aromatic N) is 2.